The highest BCUT2D eigenvalue weighted by molar-refractivity contribution is 6.43. The van der Waals surface area contributed by atoms with Crippen LogP contribution < -0.4 is 15.5 Å². The van der Waals surface area contributed by atoms with Crippen LogP contribution in [0.25, 0.3) is 0 Å². The first-order chi connectivity index (χ1) is 13.0. The highest BCUT2D eigenvalue weighted by Crippen LogP contribution is 2.24. The average molecular weight is 408 g/mol. The zero-order valence-electron chi connectivity index (χ0n) is 14.7. The van der Waals surface area contributed by atoms with E-state index in [1.165, 1.54) is 6.21 Å². The standard InChI is InChI=1S/C19H19Cl2N3O3/c1-2-27-15-8-6-14(7-9-15)23-17(25)10-11-18(26)24-22-12-13-4-3-5-16(20)19(13)21/h3-9,12H,2,10-11H2,1H3,(H,23,25)(H,24,26)/b22-12+. The van der Waals surface area contributed by atoms with Crippen LogP contribution in [-0.4, -0.2) is 24.6 Å². The van der Waals surface area contributed by atoms with Crippen molar-refractivity contribution in [3.63, 3.8) is 0 Å². The Morgan fingerprint density at radius 3 is 2.48 bits per heavy atom. The Morgan fingerprint density at radius 1 is 1.07 bits per heavy atom. The number of anilines is 1. The van der Waals surface area contributed by atoms with Crippen LogP contribution in [0, 0.1) is 0 Å². The van der Waals surface area contributed by atoms with Gasteiger partial charge < -0.3 is 10.1 Å². The lowest BCUT2D eigenvalue weighted by Gasteiger charge is -2.07. The van der Waals surface area contributed by atoms with E-state index in [4.69, 9.17) is 27.9 Å². The number of hydrogen-bond donors (Lipinski definition) is 2. The van der Waals surface area contributed by atoms with Crippen LogP contribution in [0.3, 0.4) is 0 Å². The van der Waals surface area contributed by atoms with Gasteiger partial charge in [0, 0.05) is 24.1 Å². The fourth-order valence-electron chi connectivity index (χ4n) is 2.10. The number of carbonyl (C=O) groups excluding carboxylic acids is 2. The van der Waals surface area contributed by atoms with Crippen LogP contribution in [0.5, 0.6) is 5.75 Å². The molecule has 0 aliphatic heterocycles. The molecule has 2 aromatic rings. The predicted molar refractivity (Wildman–Crippen MR) is 108 cm³/mol. The van der Waals surface area contributed by atoms with Gasteiger partial charge in [0.1, 0.15) is 5.75 Å². The van der Waals surface area contributed by atoms with Gasteiger partial charge in [0.15, 0.2) is 0 Å². The predicted octanol–water partition coefficient (Wildman–Crippen LogP) is 4.26. The van der Waals surface area contributed by atoms with E-state index in [2.05, 4.69) is 15.8 Å². The third kappa shape index (κ3) is 6.92. The van der Waals surface area contributed by atoms with E-state index >= 15 is 0 Å². The third-order valence-corrected chi connectivity index (χ3v) is 4.24. The van der Waals surface area contributed by atoms with E-state index in [1.807, 2.05) is 6.92 Å². The quantitative estimate of drug-likeness (QED) is 0.506. The topological polar surface area (TPSA) is 79.8 Å². The van der Waals surface area contributed by atoms with Crippen molar-refractivity contribution in [2.75, 3.05) is 11.9 Å². The van der Waals surface area contributed by atoms with Crippen LogP contribution in [0.1, 0.15) is 25.3 Å². The first-order valence-electron chi connectivity index (χ1n) is 8.28. The van der Waals surface area contributed by atoms with E-state index in [1.54, 1.807) is 42.5 Å². The monoisotopic (exact) mass is 407 g/mol. The second-order valence-electron chi connectivity index (χ2n) is 5.44. The lowest BCUT2D eigenvalue weighted by molar-refractivity contribution is -0.124. The Morgan fingerprint density at radius 2 is 1.78 bits per heavy atom. The molecular weight excluding hydrogens is 389 g/mol. The van der Waals surface area contributed by atoms with Crippen molar-refractivity contribution < 1.29 is 14.3 Å². The van der Waals surface area contributed by atoms with Crippen LogP contribution in [0.4, 0.5) is 5.69 Å². The molecule has 0 atom stereocenters. The number of benzene rings is 2. The number of nitrogens with one attached hydrogen (secondary N) is 2. The summed E-state index contributed by atoms with van der Waals surface area (Å²) in [6.07, 6.45) is 1.43. The highest BCUT2D eigenvalue weighted by atomic mass is 35.5. The highest BCUT2D eigenvalue weighted by Gasteiger charge is 2.07. The molecule has 6 nitrogen and oxygen atoms in total. The summed E-state index contributed by atoms with van der Waals surface area (Å²) in [4.78, 5) is 23.7. The zero-order valence-corrected chi connectivity index (χ0v) is 16.2. The van der Waals surface area contributed by atoms with Gasteiger partial charge in [-0.3, -0.25) is 9.59 Å². The molecule has 0 fully saturated rings. The van der Waals surface area contributed by atoms with E-state index in [0.29, 0.717) is 27.9 Å². The molecule has 0 aromatic heterocycles. The number of hydrogen-bond acceptors (Lipinski definition) is 4. The Labute approximate surface area is 167 Å². The number of amides is 2. The maximum atomic E-state index is 11.9. The Kier molecular flexibility index (Phi) is 8.10. The zero-order chi connectivity index (χ0) is 19.6. The normalized spacial score (nSPS) is 10.6. The van der Waals surface area contributed by atoms with Crippen LogP contribution in [0.15, 0.2) is 47.6 Å². The Hall–Kier alpha value is -2.57. The molecule has 0 bridgehead atoms. The second kappa shape index (κ2) is 10.5. The molecule has 0 saturated heterocycles. The first kappa shape index (κ1) is 20.7. The lowest BCUT2D eigenvalue weighted by atomic mass is 10.2. The van der Waals surface area contributed by atoms with Gasteiger partial charge in [-0.15, -0.1) is 0 Å². The summed E-state index contributed by atoms with van der Waals surface area (Å²) < 4.78 is 5.33. The Bertz CT molecular complexity index is 823. The van der Waals surface area contributed by atoms with Gasteiger partial charge in [0.05, 0.1) is 22.9 Å². The second-order valence-corrected chi connectivity index (χ2v) is 6.23. The van der Waals surface area contributed by atoms with E-state index in [0.717, 1.165) is 5.75 Å². The third-order valence-electron chi connectivity index (χ3n) is 3.40. The summed E-state index contributed by atoms with van der Waals surface area (Å²) >= 11 is 11.9. The van der Waals surface area contributed by atoms with Crippen molar-refractivity contribution in [3.05, 3.63) is 58.1 Å². The van der Waals surface area contributed by atoms with Crippen LogP contribution in [-0.2, 0) is 9.59 Å². The molecule has 142 valence electrons. The summed E-state index contributed by atoms with van der Waals surface area (Å²) in [5.74, 6) is 0.0787. The van der Waals surface area contributed by atoms with Gasteiger partial charge in [0.2, 0.25) is 11.8 Å². The lowest BCUT2D eigenvalue weighted by Crippen LogP contribution is -2.20. The summed E-state index contributed by atoms with van der Waals surface area (Å²) in [7, 11) is 0. The van der Waals surface area contributed by atoms with Crippen LogP contribution >= 0.6 is 23.2 Å². The molecular formula is C19H19Cl2N3O3. The number of ether oxygens (including phenoxy) is 1. The van der Waals surface area contributed by atoms with Crippen molar-refractivity contribution in [1.29, 1.82) is 0 Å². The molecule has 2 rings (SSSR count). The fourth-order valence-corrected chi connectivity index (χ4v) is 2.46. The summed E-state index contributed by atoms with van der Waals surface area (Å²) in [6, 6.07) is 12.1. The molecule has 0 spiro atoms. The first-order valence-corrected chi connectivity index (χ1v) is 9.04. The Balaban J connectivity index is 1.75. The maximum Gasteiger partial charge on any atom is 0.240 e. The summed E-state index contributed by atoms with van der Waals surface area (Å²) in [5, 5.41) is 7.29. The molecule has 0 aliphatic rings. The molecule has 0 unspecified atom stereocenters. The minimum Gasteiger partial charge on any atom is -0.494 e. The summed E-state index contributed by atoms with van der Waals surface area (Å²) in [5.41, 5.74) is 3.57. The van der Waals surface area contributed by atoms with Crippen molar-refractivity contribution in [2.24, 2.45) is 5.10 Å². The largest absolute Gasteiger partial charge is 0.494 e. The molecule has 8 heteroatoms. The van der Waals surface area contributed by atoms with Crippen molar-refractivity contribution in [1.82, 2.24) is 5.43 Å². The molecule has 0 saturated carbocycles. The average Bonchev–Trinajstić information content (AvgIpc) is 2.65. The number of nitrogens with zero attached hydrogens (tertiary/aromatic N) is 1. The number of halogens is 2. The number of hydrazone groups is 1. The van der Waals surface area contributed by atoms with E-state index < -0.39 is 0 Å². The van der Waals surface area contributed by atoms with Crippen molar-refractivity contribution >= 4 is 46.9 Å². The summed E-state index contributed by atoms with van der Waals surface area (Å²) in [6.45, 7) is 2.47. The molecule has 27 heavy (non-hydrogen) atoms. The van der Waals surface area contributed by atoms with Gasteiger partial charge in [-0.25, -0.2) is 5.43 Å². The van der Waals surface area contributed by atoms with E-state index in [-0.39, 0.29) is 24.7 Å². The molecule has 0 heterocycles. The fraction of sp³-hybridized carbons (Fsp3) is 0.211. The van der Waals surface area contributed by atoms with Gasteiger partial charge in [-0.2, -0.15) is 5.10 Å². The van der Waals surface area contributed by atoms with Crippen LogP contribution in [0.2, 0.25) is 10.0 Å². The molecule has 0 radical (unpaired) electrons. The van der Waals surface area contributed by atoms with Gasteiger partial charge >= 0.3 is 0 Å². The van der Waals surface area contributed by atoms with E-state index in [9.17, 15) is 9.59 Å². The molecule has 2 aromatic carbocycles. The van der Waals surface area contributed by atoms with Crippen molar-refractivity contribution in [3.8, 4) is 5.75 Å². The minimum absolute atomic E-state index is 0.00345. The molecule has 0 aliphatic carbocycles. The maximum absolute atomic E-state index is 11.9. The molecule has 2 amide bonds. The van der Waals surface area contributed by atoms with Gasteiger partial charge in [0.25, 0.3) is 0 Å². The molecule has 2 N–H and O–H groups in total. The number of rotatable bonds is 8. The number of carbonyl (C=O) groups is 2. The SMILES string of the molecule is CCOc1ccc(NC(=O)CCC(=O)N/N=C/c2cccc(Cl)c2Cl)cc1. The van der Waals surface area contributed by atoms with Gasteiger partial charge in [-0.1, -0.05) is 35.3 Å². The van der Waals surface area contributed by atoms with Crippen molar-refractivity contribution in [2.45, 2.75) is 19.8 Å². The minimum atomic E-state index is -0.383. The van der Waals surface area contributed by atoms with Gasteiger partial charge in [-0.05, 0) is 37.3 Å². The smallest absolute Gasteiger partial charge is 0.240 e.